The standard InChI is InChI=1S/C26H33Cl2N3O2S2/c1-25(2,3)30-35-19-10-9-17(20(27)21(19)28)22-18(11-16-7-5-4-6-8-16)29-23(34-22)24(32)31-12-26(13-31)14-33-15-26/h9-10,16,30H,4-8,11-15H2,1-3H3. The van der Waals surface area contributed by atoms with Crippen LogP contribution in [-0.2, 0) is 11.2 Å². The molecule has 0 radical (unpaired) electrons. The number of benzene rings is 1. The molecule has 3 heterocycles. The largest absolute Gasteiger partial charge is 0.380 e. The van der Waals surface area contributed by atoms with E-state index in [0.717, 1.165) is 53.8 Å². The number of ether oxygens (including phenoxy) is 1. The van der Waals surface area contributed by atoms with Crippen molar-refractivity contribution in [2.24, 2.45) is 11.3 Å². The van der Waals surface area contributed by atoms with E-state index in [1.807, 2.05) is 17.0 Å². The number of nitrogens with zero attached hydrogens (tertiary/aromatic N) is 2. The summed E-state index contributed by atoms with van der Waals surface area (Å²) < 4.78 is 8.76. The van der Waals surface area contributed by atoms with Crippen LogP contribution >= 0.6 is 46.5 Å². The van der Waals surface area contributed by atoms with Gasteiger partial charge in [0.2, 0.25) is 0 Å². The van der Waals surface area contributed by atoms with Gasteiger partial charge in [-0.05, 0) is 51.1 Å². The van der Waals surface area contributed by atoms with Crippen molar-refractivity contribution >= 4 is 52.4 Å². The van der Waals surface area contributed by atoms with Crippen LogP contribution in [0.4, 0.5) is 0 Å². The van der Waals surface area contributed by atoms with Crippen molar-refractivity contribution in [3.8, 4) is 10.4 Å². The third kappa shape index (κ3) is 5.55. The Balaban J connectivity index is 1.43. The maximum Gasteiger partial charge on any atom is 0.282 e. The number of likely N-dealkylation sites (tertiary alicyclic amines) is 1. The lowest BCUT2D eigenvalue weighted by Gasteiger charge is -2.54. The van der Waals surface area contributed by atoms with E-state index in [1.54, 1.807) is 0 Å². The second-order valence-electron chi connectivity index (χ2n) is 11.4. The maximum absolute atomic E-state index is 13.3. The molecule has 3 aliphatic rings. The van der Waals surface area contributed by atoms with E-state index in [9.17, 15) is 4.79 Å². The number of carbonyl (C=O) groups excluding carboxylic acids is 1. The van der Waals surface area contributed by atoms with Crippen molar-refractivity contribution in [2.45, 2.75) is 69.7 Å². The number of hydrogen-bond acceptors (Lipinski definition) is 6. The predicted octanol–water partition coefficient (Wildman–Crippen LogP) is 7.11. The normalized spacial score (nSPS) is 20.1. The van der Waals surface area contributed by atoms with E-state index in [1.165, 1.54) is 55.4 Å². The van der Waals surface area contributed by atoms with Crippen molar-refractivity contribution in [1.82, 2.24) is 14.6 Å². The Morgan fingerprint density at radius 2 is 1.91 bits per heavy atom. The summed E-state index contributed by atoms with van der Waals surface area (Å²) in [6.45, 7) is 9.36. The number of rotatable bonds is 6. The molecule has 5 nitrogen and oxygen atoms in total. The van der Waals surface area contributed by atoms with Crippen LogP contribution in [0, 0.1) is 11.3 Å². The smallest absolute Gasteiger partial charge is 0.282 e. The fourth-order valence-corrected chi connectivity index (χ4v) is 7.55. The molecule has 9 heteroatoms. The third-order valence-corrected chi connectivity index (χ3v) is 10.4. The predicted molar refractivity (Wildman–Crippen MR) is 146 cm³/mol. The Labute approximate surface area is 226 Å². The topological polar surface area (TPSA) is 54.5 Å². The fraction of sp³-hybridized carbons (Fsp3) is 0.615. The highest BCUT2D eigenvalue weighted by Gasteiger charge is 2.51. The molecule has 1 amide bonds. The lowest BCUT2D eigenvalue weighted by atomic mass is 9.78. The summed E-state index contributed by atoms with van der Waals surface area (Å²) in [6.07, 6.45) is 7.18. The zero-order valence-corrected chi connectivity index (χ0v) is 23.7. The van der Waals surface area contributed by atoms with Crippen molar-refractivity contribution < 1.29 is 9.53 Å². The first-order chi connectivity index (χ1) is 16.6. The molecule has 1 aromatic heterocycles. The van der Waals surface area contributed by atoms with Crippen LogP contribution in [0.15, 0.2) is 17.0 Å². The zero-order valence-electron chi connectivity index (χ0n) is 20.6. The Morgan fingerprint density at radius 3 is 2.54 bits per heavy atom. The summed E-state index contributed by atoms with van der Waals surface area (Å²) >= 11 is 16.5. The molecule has 2 aromatic rings. The number of aromatic nitrogens is 1. The molecule has 0 unspecified atom stereocenters. The molecule has 35 heavy (non-hydrogen) atoms. The molecule has 1 spiro atoms. The fourth-order valence-electron chi connectivity index (χ4n) is 5.07. The third-order valence-electron chi connectivity index (χ3n) is 7.00. The summed E-state index contributed by atoms with van der Waals surface area (Å²) in [4.78, 5) is 22.0. The van der Waals surface area contributed by atoms with E-state index >= 15 is 0 Å². The van der Waals surface area contributed by atoms with Crippen LogP contribution in [0.5, 0.6) is 0 Å². The van der Waals surface area contributed by atoms with Crippen molar-refractivity contribution in [2.75, 3.05) is 26.3 Å². The van der Waals surface area contributed by atoms with Crippen LogP contribution < -0.4 is 4.72 Å². The Kier molecular flexibility index (Phi) is 7.48. The van der Waals surface area contributed by atoms with Crippen molar-refractivity contribution in [3.63, 3.8) is 0 Å². The first kappa shape index (κ1) is 25.8. The number of hydrogen-bond donors (Lipinski definition) is 1. The summed E-state index contributed by atoms with van der Waals surface area (Å²) in [5, 5.41) is 1.61. The van der Waals surface area contributed by atoms with Crippen LogP contribution in [-0.4, -0.2) is 47.6 Å². The molecule has 3 fully saturated rings. The first-order valence-electron chi connectivity index (χ1n) is 12.4. The van der Waals surface area contributed by atoms with Gasteiger partial charge in [0.25, 0.3) is 5.91 Å². The molecule has 1 aliphatic carbocycles. The molecule has 190 valence electrons. The first-order valence-corrected chi connectivity index (χ1v) is 14.8. The summed E-state index contributed by atoms with van der Waals surface area (Å²) in [5.74, 6) is 0.624. The monoisotopic (exact) mass is 553 g/mol. The molecule has 5 rings (SSSR count). The van der Waals surface area contributed by atoms with Gasteiger partial charge < -0.3 is 9.64 Å². The van der Waals surface area contributed by atoms with E-state index < -0.39 is 0 Å². The van der Waals surface area contributed by atoms with Gasteiger partial charge >= 0.3 is 0 Å². The van der Waals surface area contributed by atoms with Crippen LogP contribution in [0.2, 0.25) is 10.0 Å². The molecule has 2 saturated heterocycles. The molecule has 0 bridgehead atoms. The number of thiazole rings is 1. The quantitative estimate of drug-likeness (QED) is 0.386. The Bertz CT molecular complexity index is 1100. The molecule has 0 atom stereocenters. The maximum atomic E-state index is 13.3. The van der Waals surface area contributed by atoms with Crippen LogP contribution in [0.1, 0.15) is 68.4 Å². The highest BCUT2D eigenvalue weighted by Crippen LogP contribution is 2.45. The van der Waals surface area contributed by atoms with Gasteiger partial charge in [0.15, 0.2) is 5.01 Å². The van der Waals surface area contributed by atoms with E-state index in [-0.39, 0.29) is 16.9 Å². The molecular formula is C26H33Cl2N3O2S2. The van der Waals surface area contributed by atoms with Gasteiger partial charge in [0, 0.05) is 29.1 Å². The van der Waals surface area contributed by atoms with Gasteiger partial charge in [-0.3, -0.25) is 9.52 Å². The van der Waals surface area contributed by atoms with Crippen molar-refractivity contribution in [1.29, 1.82) is 0 Å². The van der Waals surface area contributed by atoms with Crippen LogP contribution in [0.25, 0.3) is 10.4 Å². The van der Waals surface area contributed by atoms with Gasteiger partial charge in [-0.25, -0.2) is 4.98 Å². The SMILES string of the molecule is CC(C)(C)NSc1ccc(-c2sc(C(=O)N3CC4(COC4)C3)nc2CC2CCCCC2)c(Cl)c1Cl. The average molecular weight is 555 g/mol. The minimum Gasteiger partial charge on any atom is -0.380 e. The van der Waals surface area contributed by atoms with E-state index in [0.29, 0.717) is 21.0 Å². The van der Waals surface area contributed by atoms with E-state index in [2.05, 4.69) is 25.5 Å². The second-order valence-corrected chi connectivity index (χ2v) is 14.0. The highest BCUT2D eigenvalue weighted by atomic mass is 35.5. The Morgan fingerprint density at radius 1 is 1.20 bits per heavy atom. The number of amides is 1. The molecular weight excluding hydrogens is 521 g/mol. The van der Waals surface area contributed by atoms with Crippen LogP contribution in [0.3, 0.4) is 0 Å². The van der Waals surface area contributed by atoms with Gasteiger partial charge in [0.05, 0.1) is 39.2 Å². The van der Waals surface area contributed by atoms with E-state index in [4.69, 9.17) is 32.9 Å². The molecule has 2 aliphatic heterocycles. The minimum absolute atomic E-state index is 0.0208. The summed E-state index contributed by atoms with van der Waals surface area (Å²) in [6, 6.07) is 4.03. The summed E-state index contributed by atoms with van der Waals surface area (Å²) in [5.41, 5.74) is 1.98. The lowest BCUT2D eigenvalue weighted by molar-refractivity contribution is -0.176. The highest BCUT2D eigenvalue weighted by molar-refractivity contribution is 7.97. The van der Waals surface area contributed by atoms with Gasteiger partial charge in [0.1, 0.15) is 0 Å². The number of halogens is 2. The molecule has 1 N–H and O–H groups in total. The van der Waals surface area contributed by atoms with Gasteiger partial charge in [-0.1, -0.05) is 61.4 Å². The molecule has 1 saturated carbocycles. The lowest BCUT2D eigenvalue weighted by Crippen LogP contribution is -2.67. The Hall–Kier alpha value is -0.830. The molecule has 1 aromatic carbocycles. The van der Waals surface area contributed by atoms with Gasteiger partial charge in [-0.2, -0.15) is 0 Å². The van der Waals surface area contributed by atoms with Crippen molar-refractivity contribution in [3.05, 3.63) is 32.9 Å². The minimum atomic E-state index is -0.0553. The van der Waals surface area contributed by atoms with Gasteiger partial charge in [-0.15, -0.1) is 11.3 Å². The number of nitrogens with one attached hydrogen (secondary N) is 1. The average Bonchev–Trinajstić information content (AvgIpc) is 3.16. The number of carbonyl (C=O) groups is 1. The zero-order chi connectivity index (χ0) is 24.8. The summed E-state index contributed by atoms with van der Waals surface area (Å²) in [7, 11) is 0. The second kappa shape index (κ2) is 10.1.